The molecule has 1 aromatic rings. The highest BCUT2D eigenvalue weighted by molar-refractivity contribution is 6.31. The first-order chi connectivity index (χ1) is 8.58. The molecule has 5 nitrogen and oxygen atoms in total. The van der Waals surface area contributed by atoms with Gasteiger partial charge in [-0.15, -0.1) is 12.4 Å². The van der Waals surface area contributed by atoms with E-state index in [1.54, 1.807) is 25.2 Å². The fourth-order valence-corrected chi connectivity index (χ4v) is 1.60. The van der Waals surface area contributed by atoms with Crippen LogP contribution in [0.3, 0.4) is 0 Å². The molecule has 0 atom stereocenters. The summed E-state index contributed by atoms with van der Waals surface area (Å²) in [6.07, 6.45) is 0. The lowest BCUT2D eigenvalue weighted by Crippen LogP contribution is -2.28. The third kappa shape index (κ3) is 5.46. The zero-order valence-electron chi connectivity index (χ0n) is 10.7. The highest BCUT2D eigenvalue weighted by Crippen LogP contribution is 2.21. The second kappa shape index (κ2) is 8.74. The molecule has 0 bridgehead atoms. The summed E-state index contributed by atoms with van der Waals surface area (Å²) in [6, 6.07) is 4.75. The molecule has 0 fully saturated rings. The number of anilines is 1. The van der Waals surface area contributed by atoms with Gasteiger partial charge in [0.15, 0.2) is 0 Å². The molecule has 1 rings (SSSR count). The summed E-state index contributed by atoms with van der Waals surface area (Å²) < 4.78 is 0. The Labute approximate surface area is 123 Å². The van der Waals surface area contributed by atoms with Crippen LogP contribution in [-0.2, 0) is 4.79 Å². The van der Waals surface area contributed by atoms with Gasteiger partial charge in [-0.25, -0.2) is 0 Å². The van der Waals surface area contributed by atoms with Gasteiger partial charge in [0, 0.05) is 11.6 Å². The minimum absolute atomic E-state index is 0. The highest BCUT2D eigenvalue weighted by Gasteiger charge is 2.13. The predicted molar refractivity (Wildman–Crippen MR) is 79.3 cm³/mol. The van der Waals surface area contributed by atoms with Crippen molar-refractivity contribution < 1.29 is 9.59 Å². The molecule has 0 spiro atoms. The fourth-order valence-electron chi connectivity index (χ4n) is 1.43. The monoisotopic (exact) mass is 305 g/mol. The van der Waals surface area contributed by atoms with Crippen molar-refractivity contribution in [3.05, 3.63) is 28.8 Å². The Kier molecular flexibility index (Phi) is 8.14. The van der Waals surface area contributed by atoms with Crippen LogP contribution in [0.1, 0.15) is 17.3 Å². The van der Waals surface area contributed by atoms with Crippen molar-refractivity contribution in [1.29, 1.82) is 0 Å². The molecule has 0 saturated heterocycles. The molecule has 0 aliphatic carbocycles. The number of benzene rings is 1. The second-order valence-electron chi connectivity index (χ2n) is 3.63. The molecular weight excluding hydrogens is 289 g/mol. The molecule has 0 radical (unpaired) electrons. The van der Waals surface area contributed by atoms with E-state index in [1.807, 2.05) is 6.92 Å². The van der Waals surface area contributed by atoms with E-state index in [2.05, 4.69) is 16.0 Å². The highest BCUT2D eigenvalue weighted by atomic mass is 35.5. The van der Waals surface area contributed by atoms with Gasteiger partial charge in [0.25, 0.3) is 5.91 Å². The second-order valence-corrected chi connectivity index (χ2v) is 4.06. The molecule has 0 saturated carbocycles. The first kappa shape index (κ1) is 17.7. The largest absolute Gasteiger partial charge is 0.352 e. The van der Waals surface area contributed by atoms with E-state index in [1.165, 1.54) is 0 Å². The Morgan fingerprint density at radius 1 is 1.32 bits per heavy atom. The first-order valence-electron chi connectivity index (χ1n) is 5.60. The molecule has 0 aliphatic heterocycles. The van der Waals surface area contributed by atoms with Gasteiger partial charge in [-0.05, 0) is 32.2 Å². The van der Waals surface area contributed by atoms with Crippen LogP contribution >= 0.6 is 24.0 Å². The van der Waals surface area contributed by atoms with Crippen molar-refractivity contribution in [2.45, 2.75) is 6.92 Å². The van der Waals surface area contributed by atoms with Gasteiger partial charge in [0.1, 0.15) is 0 Å². The quantitative estimate of drug-likeness (QED) is 0.775. The van der Waals surface area contributed by atoms with E-state index >= 15 is 0 Å². The van der Waals surface area contributed by atoms with Crippen LogP contribution in [0.4, 0.5) is 5.69 Å². The van der Waals surface area contributed by atoms with Crippen molar-refractivity contribution in [3.8, 4) is 0 Å². The summed E-state index contributed by atoms with van der Waals surface area (Å²) in [4.78, 5) is 23.3. The van der Waals surface area contributed by atoms with Crippen LogP contribution in [0.2, 0.25) is 5.02 Å². The topological polar surface area (TPSA) is 70.2 Å². The van der Waals surface area contributed by atoms with Crippen molar-refractivity contribution in [1.82, 2.24) is 10.6 Å². The Bertz CT molecular complexity index is 453. The molecule has 1 aromatic carbocycles. The maximum absolute atomic E-state index is 11.8. The average molecular weight is 306 g/mol. The normalized spacial score (nSPS) is 9.42. The Morgan fingerprint density at radius 3 is 2.58 bits per heavy atom. The van der Waals surface area contributed by atoms with Gasteiger partial charge in [0.2, 0.25) is 5.91 Å². The number of hydrogen-bond donors (Lipinski definition) is 3. The standard InChI is InChI=1S/C12H16ClN3O2.ClH/c1-3-15-12(18)9-5-4-8(13)6-10(9)16-11(17)7-14-2;/h4-6,14H,3,7H2,1-2H3,(H,15,18)(H,16,17);1H. The van der Waals surface area contributed by atoms with Crippen LogP contribution < -0.4 is 16.0 Å². The Hall–Kier alpha value is -1.30. The third-order valence-electron chi connectivity index (χ3n) is 2.17. The maximum atomic E-state index is 11.8. The Balaban J connectivity index is 0.00000324. The van der Waals surface area contributed by atoms with Crippen LogP contribution in [0, 0.1) is 0 Å². The van der Waals surface area contributed by atoms with E-state index in [0.717, 1.165) is 0 Å². The van der Waals surface area contributed by atoms with E-state index < -0.39 is 0 Å². The van der Waals surface area contributed by atoms with Gasteiger partial charge >= 0.3 is 0 Å². The lowest BCUT2D eigenvalue weighted by atomic mass is 10.1. The van der Waals surface area contributed by atoms with Crippen molar-refractivity contribution >= 4 is 41.5 Å². The molecule has 2 amide bonds. The summed E-state index contributed by atoms with van der Waals surface area (Å²) in [6.45, 7) is 2.51. The zero-order valence-corrected chi connectivity index (χ0v) is 12.3. The predicted octanol–water partition coefficient (Wildman–Crippen LogP) is 1.67. The molecule has 0 unspecified atom stereocenters. The fraction of sp³-hybridized carbons (Fsp3) is 0.333. The van der Waals surface area contributed by atoms with Crippen LogP contribution in [-0.4, -0.2) is 32.0 Å². The lowest BCUT2D eigenvalue weighted by Gasteiger charge is -2.11. The van der Waals surface area contributed by atoms with Crippen molar-refractivity contribution in [2.75, 3.05) is 25.5 Å². The number of amides is 2. The lowest BCUT2D eigenvalue weighted by molar-refractivity contribution is -0.115. The number of likely N-dealkylation sites (N-methyl/N-ethyl adjacent to an activating group) is 1. The summed E-state index contributed by atoms with van der Waals surface area (Å²) >= 11 is 5.86. The van der Waals surface area contributed by atoms with Crippen molar-refractivity contribution in [2.24, 2.45) is 0 Å². The zero-order chi connectivity index (χ0) is 13.5. The SMILES string of the molecule is CCNC(=O)c1ccc(Cl)cc1NC(=O)CNC.Cl. The third-order valence-corrected chi connectivity index (χ3v) is 2.41. The van der Waals surface area contributed by atoms with E-state index in [0.29, 0.717) is 22.8 Å². The minimum Gasteiger partial charge on any atom is -0.352 e. The summed E-state index contributed by atoms with van der Waals surface area (Å²) in [5.41, 5.74) is 0.805. The van der Waals surface area contributed by atoms with E-state index in [4.69, 9.17) is 11.6 Å². The molecule has 19 heavy (non-hydrogen) atoms. The smallest absolute Gasteiger partial charge is 0.253 e. The first-order valence-corrected chi connectivity index (χ1v) is 5.98. The van der Waals surface area contributed by atoms with Crippen LogP contribution in [0.15, 0.2) is 18.2 Å². The van der Waals surface area contributed by atoms with Gasteiger partial charge in [-0.2, -0.15) is 0 Å². The van der Waals surface area contributed by atoms with E-state index in [-0.39, 0.29) is 30.8 Å². The summed E-state index contributed by atoms with van der Waals surface area (Å²) in [7, 11) is 1.67. The van der Waals surface area contributed by atoms with Gasteiger partial charge in [-0.1, -0.05) is 11.6 Å². The molecule has 0 heterocycles. The molecule has 106 valence electrons. The van der Waals surface area contributed by atoms with Gasteiger partial charge in [0.05, 0.1) is 17.8 Å². The molecule has 0 aliphatic rings. The molecule has 0 aromatic heterocycles. The van der Waals surface area contributed by atoms with Crippen LogP contribution in [0.5, 0.6) is 0 Å². The summed E-state index contributed by atoms with van der Waals surface area (Å²) in [5, 5.41) is 8.51. The Morgan fingerprint density at radius 2 is 2.00 bits per heavy atom. The van der Waals surface area contributed by atoms with Crippen molar-refractivity contribution in [3.63, 3.8) is 0 Å². The molecule has 3 N–H and O–H groups in total. The van der Waals surface area contributed by atoms with Gasteiger partial charge < -0.3 is 16.0 Å². The maximum Gasteiger partial charge on any atom is 0.253 e. The average Bonchev–Trinajstić information content (AvgIpc) is 2.29. The number of carbonyl (C=O) groups is 2. The summed E-state index contributed by atoms with van der Waals surface area (Å²) in [5.74, 6) is -0.473. The molecular formula is C12H17Cl2N3O2. The number of nitrogens with one attached hydrogen (secondary N) is 3. The number of rotatable bonds is 5. The van der Waals surface area contributed by atoms with Crippen LogP contribution in [0.25, 0.3) is 0 Å². The minimum atomic E-state index is -0.242. The van der Waals surface area contributed by atoms with E-state index in [9.17, 15) is 9.59 Å². The number of carbonyl (C=O) groups excluding carboxylic acids is 2. The number of hydrogen-bond acceptors (Lipinski definition) is 3. The number of halogens is 2. The molecule has 7 heteroatoms. The van der Waals surface area contributed by atoms with Gasteiger partial charge in [-0.3, -0.25) is 9.59 Å².